The number of carboxylic acids is 1. The smallest absolute Gasteiger partial charge is 0.306 e. The Morgan fingerprint density at radius 1 is 1.48 bits per heavy atom. The van der Waals surface area contributed by atoms with Gasteiger partial charge < -0.3 is 20.5 Å². The number of carbonyl (C=O) groups is 1. The van der Waals surface area contributed by atoms with Gasteiger partial charge >= 0.3 is 5.97 Å². The van der Waals surface area contributed by atoms with Crippen LogP contribution >= 0.6 is 0 Å². The number of aliphatic carboxylic acids is 1. The van der Waals surface area contributed by atoms with E-state index in [1.54, 1.807) is 18.5 Å². The molecule has 0 bridgehead atoms. The lowest BCUT2D eigenvalue weighted by molar-refractivity contribution is -0.383. The fraction of sp³-hybridized carbons (Fsp3) is 0.400. The van der Waals surface area contributed by atoms with E-state index in [4.69, 9.17) is 5.73 Å². The summed E-state index contributed by atoms with van der Waals surface area (Å²) in [6.45, 7) is 1.97. The molecule has 1 atom stereocenters. The molecule has 8 heteroatoms. The van der Waals surface area contributed by atoms with Crippen LogP contribution in [-0.2, 0) is 18.3 Å². The Morgan fingerprint density at radius 3 is 2.65 bits per heavy atom. The molecular formula is C15H19N3O5. The van der Waals surface area contributed by atoms with Crippen molar-refractivity contribution in [3.63, 3.8) is 0 Å². The number of rotatable bonds is 6. The lowest BCUT2D eigenvalue weighted by atomic mass is 9.94. The minimum absolute atomic E-state index is 0.0758. The topological polar surface area (TPSA) is 132 Å². The van der Waals surface area contributed by atoms with Crippen molar-refractivity contribution in [2.75, 3.05) is 6.54 Å². The van der Waals surface area contributed by atoms with E-state index in [1.165, 1.54) is 12.1 Å². The largest absolute Gasteiger partial charge is 0.506 e. The van der Waals surface area contributed by atoms with Gasteiger partial charge in [0.1, 0.15) is 5.75 Å². The number of benzene rings is 1. The van der Waals surface area contributed by atoms with Crippen LogP contribution in [0.25, 0.3) is 10.9 Å². The van der Waals surface area contributed by atoms with Crippen molar-refractivity contribution < 1.29 is 19.9 Å². The third-order valence-electron chi connectivity index (χ3n) is 4.22. The first-order valence-electron chi connectivity index (χ1n) is 7.16. The summed E-state index contributed by atoms with van der Waals surface area (Å²) >= 11 is 0. The molecule has 0 aliphatic rings. The maximum absolute atomic E-state index is 11.4. The number of fused-ring (bicyclic) bond motifs is 1. The molecule has 0 fully saturated rings. The van der Waals surface area contributed by atoms with Gasteiger partial charge in [0.15, 0.2) is 0 Å². The van der Waals surface area contributed by atoms with Crippen LogP contribution in [0.4, 0.5) is 5.69 Å². The number of nitrogens with zero attached hydrogens (tertiary/aromatic N) is 2. The summed E-state index contributed by atoms with van der Waals surface area (Å²) in [4.78, 5) is 22.2. The van der Waals surface area contributed by atoms with E-state index in [9.17, 15) is 25.1 Å². The van der Waals surface area contributed by atoms with Gasteiger partial charge in [0, 0.05) is 18.8 Å². The van der Waals surface area contributed by atoms with E-state index in [0.717, 1.165) is 0 Å². The van der Waals surface area contributed by atoms with Crippen molar-refractivity contribution in [2.45, 2.75) is 19.8 Å². The SMILES string of the molecule is Cc1c(CC(CCN)C(=O)O)c2c([N+](=O)[O-])ccc(O)c2n1C. The van der Waals surface area contributed by atoms with Crippen LogP contribution in [0.2, 0.25) is 0 Å². The van der Waals surface area contributed by atoms with Crippen molar-refractivity contribution in [1.82, 2.24) is 4.57 Å². The molecule has 124 valence electrons. The van der Waals surface area contributed by atoms with Crippen LogP contribution < -0.4 is 5.73 Å². The van der Waals surface area contributed by atoms with Crippen LogP contribution in [-0.4, -0.2) is 32.2 Å². The second-order valence-corrected chi connectivity index (χ2v) is 5.52. The summed E-state index contributed by atoms with van der Waals surface area (Å²) in [6, 6.07) is 2.51. The Morgan fingerprint density at radius 2 is 2.13 bits per heavy atom. The summed E-state index contributed by atoms with van der Waals surface area (Å²) in [5.41, 5.74) is 6.90. The third kappa shape index (κ3) is 2.85. The molecule has 8 nitrogen and oxygen atoms in total. The number of carboxylic acid groups (broad SMARTS) is 1. The maximum Gasteiger partial charge on any atom is 0.306 e. The first-order valence-corrected chi connectivity index (χ1v) is 7.16. The number of hydrogen-bond donors (Lipinski definition) is 3. The lowest BCUT2D eigenvalue weighted by Gasteiger charge is -2.11. The average molecular weight is 321 g/mol. The molecule has 0 aliphatic heterocycles. The second kappa shape index (κ2) is 6.25. The Kier molecular flexibility index (Phi) is 4.55. The fourth-order valence-corrected chi connectivity index (χ4v) is 2.92. The number of phenols is 1. The lowest BCUT2D eigenvalue weighted by Crippen LogP contribution is -2.20. The maximum atomic E-state index is 11.4. The fourth-order valence-electron chi connectivity index (χ4n) is 2.92. The highest BCUT2D eigenvalue weighted by Gasteiger charge is 2.27. The molecule has 0 amide bonds. The molecule has 0 saturated heterocycles. The first kappa shape index (κ1) is 16.8. The zero-order chi connectivity index (χ0) is 17.3. The number of phenolic OH excluding ortho intramolecular Hbond substituents is 1. The minimum Gasteiger partial charge on any atom is -0.506 e. The molecule has 0 aliphatic carbocycles. The number of aromatic hydroxyl groups is 1. The zero-order valence-corrected chi connectivity index (χ0v) is 12.9. The van der Waals surface area contributed by atoms with Gasteiger partial charge in [-0.25, -0.2) is 0 Å². The first-order chi connectivity index (χ1) is 10.8. The molecule has 0 saturated carbocycles. The number of hydrogen-bond acceptors (Lipinski definition) is 5. The summed E-state index contributed by atoms with van der Waals surface area (Å²) in [5, 5.41) is 31.0. The molecule has 0 spiro atoms. The predicted octanol–water partition coefficient (Wildman–Crippen LogP) is 1.69. The number of nitrogens with two attached hydrogens (primary N) is 1. The molecule has 1 heterocycles. The molecule has 4 N–H and O–H groups in total. The van der Waals surface area contributed by atoms with E-state index in [0.29, 0.717) is 22.2 Å². The zero-order valence-electron chi connectivity index (χ0n) is 12.9. The highest BCUT2D eigenvalue weighted by Crippen LogP contribution is 2.39. The highest BCUT2D eigenvalue weighted by atomic mass is 16.6. The van der Waals surface area contributed by atoms with Gasteiger partial charge in [-0.15, -0.1) is 0 Å². The van der Waals surface area contributed by atoms with Gasteiger partial charge in [-0.1, -0.05) is 0 Å². The standard InChI is InChI=1S/C15H19N3O5/c1-8-10(7-9(5-6-16)15(20)21)13-11(18(22)23)3-4-12(19)14(13)17(8)2/h3-4,9,19H,5-7,16H2,1-2H3,(H,20,21). The number of aryl methyl sites for hydroxylation is 1. The van der Waals surface area contributed by atoms with Crippen molar-refractivity contribution >= 4 is 22.6 Å². The molecule has 23 heavy (non-hydrogen) atoms. The van der Waals surface area contributed by atoms with E-state index in [1.807, 2.05) is 0 Å². The van der Waals surface area contributed by atoms with E-state index in [-0.39, 0.29) is 30.8 Å². The van der Waals surface area contributed by atoms with Gasteiger partial charge in [-0.2, -0.15) is 0 Å². The van der Waals surface area contributed by atoms with Crippen LogP contribution in [0.3, 0.4) is 0 Å². The monoisotopic (exact) mass is 321 g/mol. The van der Waals surface area contributed by atoms with Crippen LogP contribution in [0.5, 0.6) is 5.75 Å². The summed E-state index contributed by atoms with van der Waals surface area (Å²) in [5.74, 6) is -1.80. The van der Waals surface area contributed by atoms with Gasteiger partial charge in [0.05, 0.1) is 21.7 Å². The highest BCUT2D eigenvalue weighted by molar-refractivity contribution is 5.97. The van der Waals surface area contributed by atoms with E-state index >= 15 is 0 Å². The van der Waals surface area contributed by atoms with Gasteiger partial charge in [-0.3, -0.25) is 14.9 Å². The summed E-state index contributed by atoms with van der Waals surface area (Å²) in [7, 11) is 1.68. The van der Waals surface area contributed by atoms with Crippen LogP contribution in [0.15, 0.2) is 12.1 Å². The van der Waals surface area contributed by atoms with Gasteiger partial charge in [0.2, 0.25) is 0 Å². The normalized spacial score (nSPS) is 12.5. The summed E-state index contributed by atoms with van der Waals surface area (Å²) < 4.78 is 1.65. The quantitative estimate of drug-likeness (QED) is 0.548. The molecule has 1 unspecified atom stereocenters. The van der Waals surface area contributed by atoms with Crippen LogP contribution in [0, 0.1) is 23.0 Å². The molecular weight excluding hydrogens is 302 g/mol. The van der Waals surface area contributed by atoms with E-state index < -0.39 is 16.8 Å². The Hall–Kier alpha value is -2.61. The van der Waals surface area contributed by atoms with Crippen LogP contribution in [0.1, 0.15) is 17.7 Å². The second-order valence-electron chi connectivity index (χ2n) is 5.52. The van der Waals surface area contributed by atoms with Gasteiger partial charge in [-0.05, 0) is 37.9 Å². The molecule has 2 aromatic rings. The Labute approximate surface area is 132 Å². The Bertz CT molecular complexity index is 781. The van der Waals surface area contributed by atoms with Crippen molar-refractivity contribution in [3.05, 3.63) is 33.5 Å². The minimum atomic E-state index is -0.991. The number of nitro groups is 1. The molecule has 2 rings (SSSR count). The predicted molar refractivity (Wildman–Crippen MR) is 84.5 cm³/mol. The number of nitro benzene ring substituents is 1. The van der Waals surface area contributed by atoms with Crippen molar-refractivity contribution in [3.8, 4) is 5.75 Å². The molecule has 0 radical (unpaired) electrons. The molecule has 1 aromatic carbocycles. The van der Waals surface area contributed by atoms with Crippen molar-refractivity contribution in [2.24, 2.45) is 18.7 Å². The number of aromatic nitrogens is 1. The van der Waals surface area contributed by atoms with Crippen molar-refractivity contribution in [1.29, 1.82) is 0 Å². The average Bonchev–Trinajstić information content (AvgIpc) is 2.72. The number of non-ortho nitro benzene ring substituents is 1. The summed E-state index contributed by atoms with van der Waals surface area (Å²) in [6.07, 6.45) is 0.401. The molecule has 1 aromatic heterocycles. The Balaban J connectivity index is 2.72. The van der Waals surface area contributed by atoms with E-state index in [2.05, 4.69) is 0 Å². The third-order valence-corrected chi connectivity index (χ3v) is 4.22. The van der Waals surface area contributed by atoms with Gasteiger partial charge in [0.25, 0.3) is 5.69 Å².